The fraction of sp³-hybridized carbons (Fsp3) is 0.318. The number of benzene rings is 1. The molecule has 4 nitrogen and oxygen atoms in total. The van der Waals surface area contributed by atoms with Crippen LogP contribution in [0.2, 0.25) is 0 Å². The van der Waals surface area contributed by atoms with Gasteiger partial charge in [-0.1, -0.05) is 30.3 Å². The van der Waals surface area contributed by atoms with E-state index in [4.69, 9.17) is 4.42 Å². The molecule has 0 fully saturated rings. The summed E-state index contributed by atoms with van der Waals surface area (Å²) in [5, 5.41) is 3.05. The first kappa shape index (κ1) is 18.1. The Kier molecular flexibility index (Phi) is 5.95. The fourth-order valence-electron chi connectivity index (χ4n) is 3.23. The van der Waals surface area contributed by atoms with E-state index in [0.29, 0.717) is 13.1 Å². The molecule has 0 saturated carbocycles. The number of nitrogens with one attached hydrogen (secondary N) is 1. The lowest BCUT2D eigenvalue weighted by molar-refractivity contribution is 0.0952. The van der Waals surface area contributed by atoms with Gasteiger partial charge in [-0.3, -0.25) is 4.79 Å². The zero-order valence-electron chi connectivity index (χ0n) is 15.5. The number of aromatic nitrogens is 1. The van der Waals surface area contributed by atoms with E-state index in [1.165, 1.54) is 5.56 Å². The standard InChI is InChI=1S/C22H26N2O2/c1-17-15-21(18(2)24(17)16-20-12-8-14-26-20)22(25)23-13-7-6-11-19-9-4-3-5-10-19/h3-5,8-10,12,14-15H,6-7,11,13,16H2,1-2H3,(H,23,25). The van der Waals surface area contributed by atoms with Crippen molar-refractivity contribution in [1.82, 2.24) is 9.88 Å². The molecule has 0 atom stereocenters. The summed E-state index contributed by atoms with van der Waals surface area (Å²) in [4.78, 5) is 12.5. The molecular formula is C22H26N2O2. The first-order valence-electron chi connectivity index (χ1n) is 9.16. The Morgan fingerprint density at radius 1 is 1.08 bits per heavy atom. The molecule has 4 heteroatoms. The first-order chi connectivity index (χ1) is 12.6. The molecular weight excluding hydrogens is 324 g/mol. The predicted molar refractivity (Wildman–Crippen MR) is 103 cm³/mol. The Bertz CT molecular complexity index is 833. The second-order valence-corrected chi connectivity index (χ2v) is 6.65. The van der Waals surface area contributed by atoms with Crippen molar-refractivity contribution >= 4 is 5.91 Å². The lowest BCUT2D eigenvalue weighted by Crippen LogP contribution is -2.25. The van der Waals surface area contributed by atoms with E-state index in [-0.39, 0.29) is 5.91 Å². The molecule has 0 bridgehead atoms. The van der Waals surface area contributed by atoms with Gasteiger partial charge in [-0.25, -0.2) is 0 Å². The zero-order valence-corrected chi connectivity index (χ0v) is 15.5. The van der Waals surface area contributed by atoms with Gasteiger partial charge >= 0.3 is 0 Å². The van der Waals surface area contributed by atoms with E-state index in [0.717, 1.165) is 42.0 Å². The van der Waals surface area contributed by atoms with E-state index >= 15 is 0 Å². The van der Waals surface area contributed by atoms with Crippen molar-refractivity contribution in [2.45, 2.75) is 39.7 Å². The number of carbonyl (C=O) groups excluding carboxylic acids is 1. The van der Waals surface area contributed by atoms with Crippen LogP contribution in [0.25, 0.3) is 0 Å². The Hall–Kier alpha value is -2.75. The summed E-state index contributed by atoms with van der Waals surface area (Å²) in [6.45, 7) is 5.36. The molecule has 0 radical (unpaired) electrons. The average Bonchev–Trinajstić information content (AvgIpc) is 3.26. The molecule has 3 aromatic rings. The summed E-state index contributed by atoms with van der Waals surface area (Å²) < 4.78 is 7.54. The molecule has 0 aliphatic carbocycles. The SMILES string of the molecule is Cc1cc(C(=O)NCCCCc2ccccc2)c(C)n1Cc1ccco1. The largest absolute Gasteiger partial charge is 0.467 e. The van der Waals surface area contributed by atoms with Gasteiger partial charge in [0, 0.05) is 17.9 Å². The lowest BCUT2D eigenvalue weighted by atomic mass is 10.1. The molecule has 3 rings (SSSR count). The van der Waals surface area contributed by atoms with Crippen LogP contribution in [0, 0.1) is 13.8 Å². The van der Waals surface area contributed by atoms with Gasteiger partial charge in [0.1, 0.15) is 5.76 Å². The number of furan rings is 1. The molecule has 0 unspecified atom stereocenters. The van der Waals surface area contributed by atoms with E-state index < -0.39 is 0 Å². The molecule has 0 saturated heterocycles. The van der Waals surface area contributed by atoms with Crippen molar-refractivity contribution in [2.24, 2.45) is 0 Å². The summed E-state index contributed by atoms with van der Waals surface area (Å²) >= 11 is 0. The molecule has 0 spiro atoms. The van der Waals surface area contributed by atoms with Gasteiger partial charge in [-0.15, -0.1) is 0 Å². The summed E-state index contributed by atoms with van der Waals surface area (Å²) in [5.41, 5.74) is 4.13. The number of carbonyl (C=O) groups is 1. The minimum absolute atomic E-state index is 0.00325. The topological polar surface area (TPSA) is 47.2 Å². The fourth-order valence-corrected chi connectivity index (χ4v) is 3.23. The highest BCUT2D eigenvalue weighted by Gasteiger charge is 2.16. The highest BCUT2D eigenvalue weighted by molar-refractivity contribution is 5.95. The van der Waals surface area contributed by atoms with Crippen molar-refractivity contribution in [2.75, 3.05) is 6.54 Å². The summed E-state index contributed by atoms with van der Waals surface area (Å²) in [6.07, 6.45) is 4.77. The number of hydrogen-bond donors (Lipinski definition) is 1. The van der Waals surface area contributed by atoms with Gasteiger partial charge < -0.3 is 14.3 Å². The minimum atomic E-state index is 0.00325. The maximum absolute atomic E-state index is 12.5. The second-order valence-electron chi connectivity index (χ2n) is 6.65. The normalized spacial score (nSPS) is 10.8. The van der Waals surface area contributed by atoms with E-state index in [1.807, 2.05) is 38.1 Å². The third-order valence-corrected chi connectivity index (χ3v) is 4.73. The van der Waals surface area contributed by atoms with Crippen LogP contribution in [0.4, 0.5) is 0 Å². The Labute approximate surface area is 154 Å². The quantitative estimate of drug-likeness (QED) is 0.608. The van der Waals surface area contributed by atoms with Gasteiger partial charge in [-0.05, 0) is 56.9 Å². The summed E-state index contributed by atoms with van der Waals surface area (Å²) in [5.74, 6) is 0.892. The van der Waals surface area contributed by atoms with Crippen molar-refractivity contribution < 1.29 is 9.21 Å². The van der Waals surface area contributed by atoms with Crippen molar-refractivity contribution in [1.29, 1.82) is 0 Å². The number of unbranched alkanes of at least 4 members (excludes halogenated alkanes) is 1. The van der Waals surface area contributed by atoms with Gasteiger partial charge in [0.25, 0.3) is 5.91 Å². The van der Waals surface area contributed by atoms with E-state index in [9.17, 15) is 4.79 Å². The molecule has 1 amide bonds. The van der Waals surface area contributed by atoms with Gasteiger partial charge in [-0.2, -0.15) is 0 Å². The predicted octanol–water partition coefficient (Wildman–Crippen LogP) is 4.50. The van der Waals surface area contributed by atoms with Crippen LogP contribution in [0.1, 0.15) is 45.9 Å². The molecule has 2 aromatic heterocycles. The van der Waals surface area contributed by atoms with Gasteiger partial charge in [0.2, 0.25) is 0 Å². The van der Waals surface area contributed by atoms with E-state index in [1.54, 1.807) is 6.26 Å². The van der Waals surface area contributed by atoms with E-state index in [2.05, 4.69) is 34.1 Å². The van der Waals surface area contributed by atoms with Crippen LogP contribution in [0.5, 0.6) is 0 Å². The first-order valence-corrected chi connectivity index (χ1v) is 9.16. The number of rotatable bonds is 8. The molecule has 136 valence electrons. The van der Waals surface area contributed by atoms with Crippen molar-refractivity contribution in [3.8, 4) is 0 Å². The molecule has 0 aliphatic heterocycles. The maximum Gasteiger partial charge on any atom is 0.253 e. The molecule has 1 N–H and O–H groups in total. The third-order valence-electron chi connectivity index (χ3n) is 4.73. The monoisotopic (exact) mass is 350 g/mol. The lowest BCUT2D eigenvalue weighted by Gasteiger charge is -2.08. The van der Waals surface area contributed by atoms with Crippen LogP contribution >= 0.6 is 0 Å². The number of aryl methyl sites for hydroxylation is 2. The van der Waals surface area contributed by atoms with Crippen LogP contribution in [0.15, 0.2) is 59.2 Å². The summed E-state index contributed by atoms with van der Waals surface area (Å²) in [7, 11) is 0. The van der Waals surface area contributed by atoms with Crippen molar-refractivity contribution in [3.05, 3.63) is 83.1 Å². The minimum Gasteiger partial charge on any atom is -0.467 e. The highest BCUT2D eigenvalue weighted by atomic mass is 16.3. The third kappa shape index (κ3) is 4.45. The van der Waals surface area contributed by atoms with Gasteiger partial charge in [0.05, 0.1) is 18.4 Å². The number of hydrogen-bond acceptors (Lipinski definition) is 2. The summed E-state index contributed by atoms with van der Waals surface area (Å²) in [6, 6.07) is 16.2. The maximum atomic E-state index is 12.5. The van der Waals surface area contributed by atoms with Crippen molar-refractivity contribution in [3.63, 3.8) is 0 Å². The molecule has 26 heavy (non-hydrogen) atoms. The Morgan fingerprint density at radius 3 is 2.62 bits per heavy atom. The zero-order chi connectivity index (χ0) is 18.4. The average molecular weight is 350 g/mol. The molecule has 1 aromatic carbocycles. The number of nitrogens with zero attached hydrogens (tertiary/aromatic N) is 1. The smallest absolute Gasteiger partial charge is 0.253 e. The van der Waals surface area contributed by atoms with Crippen LogP contribution < -0.4 is 5.32 Å². The van der Waals surface area contributed by atoms with Gasteiger partial charge in [0.15, 0.2) is 0 Å². The van der Waals surface area contributed by atoms with Crippen LogP contribution in [-0.2, 0) is 13.0 Å². The molecule has 0 aliphatic rings. The molecule has 2 heterocycles. The second kappa shape index (κ2) is 8.56. The highest BCUT2D eigenvalue weighted by Crippen LogP contribution is 2.17. The van der Waals surface area contributed by atoms with Crippen LogP contribution in [0.3, 0.4) is 0 Å². The Morgan fingerprint density at radius 2 is 1.88 bits per heavy atom. The Balaban J connectivity index is 1.50. The number of amides is 1. The van der Waals surface area contributed by atoms with Crippen LogP contribution in [-0.4, -0.2) is 17.0 Å².